The molecular weight excluding hydrogens is 392 g/mol. The van der Waals surface area contributed by atoms with Gasteiger partial charge in [-0.1, -0.05) is 0 Å². The molecule has 0 aromatic heterocycles. The van der Waals surface area contributed by atoms with Crippen LogP contribution >= 0.6 is 0 Å². The maximum Gasteiger partial charge on any atom is 0.255 e. The fraction of sp³-hybridized carbons (Fsp3) is 0.381. The molecule has 2 aliphatic rings. The van der Waals surface area contributed by atoms with Gasteiger partial charge in [0, 0.05) is 30.8 Å². The van der Waals surface area contributed by atoms with E-state index in [0.717, 1.165) is 30.6 Å². The van der Waals surface area contributed by atoms with Crippen molar-refractivity contribution in [1.29, 1.82) is 0 Å². The molecule has 0 spiro atoms. The van der Waals surface area contributed by atoms with E-state index in [-0.39, 0.29) is 10.8 Å². The molecule has 1 fully saturated rings. The molecule has 2 aromatic carbocycles. The lowest BCUT2D eigenvalue weighted by Gasteiger charge is -2.19. The first kappa shape index (κ1) is 19.7. The molecule has 1 amide bonds. The summed E-state index contributed by atoms with van der Waals surface area (Å²) >= 11 is 0. The van der Waals surface area contributed by atoms with Gasteiger partial charge in [0.15, 0.2) is 0 Å². The van der Waals surface area contributed by atoms with Crippen LogP contribution in [0.3, 0.4) is 0 Å². The Labute approximate surface area is 170 Å². The number of sulfonamides is 1. The number of hydrogen-bond donors (Lipinski definition) is 1. The molecule has 4 rings (SSSR count). The van der Waals surface area contributed by atoms with Crippen LogP contribution in [0.5, 0.6) is 11.5 Å². The van der Waals surface area contributed by atoms with E-state index in [1.165, 1.54) is 10.4 Å². The molecule has 0 unspecified atom stereocenters. The van der Waals surface area contributed by atoms with Crippen molar-refractivity contribution in [3.05, 3.63) is 47.5 Å². The maximum atomic E-state index is 13.1. The molecular formula is C21H24N2O5S. The summed E-state index contributed by atoms with van der Waals surface area (Å²) in [6.45, 7) is 3.78. The van der Waals surface area contributed by atoms with E-state index >= 15 is 0 Å². The number of amides is 1. The van der Waals surface area contributed by atoms with Crippen LogP contribution in [-0.2, 0) is 16.4 Å². The summed E-state index contributed by atoms with van der Waals surface area (Å²) in [5.74, 6) is 0.807. The molecule has 2 heterocycles. The van der Waals surface area contributed by atoms with Gasteiger partial charge in [-0.15, -0.1) is 0 Å². The number of ether oxygens (including phenoxy) is 2. The Balaban J connectivity index is 1.62. The lowest BCUT2D eigenvalue weighted by molar-refractivity contribution is 0.102. The highest BCUT2D eigenvalue weighted by Gasteiger charge is 2.30. The SMILES string of the molecule is CCOc1ccc(NC(=O)c2ccc3c(c2)CCO3)cc1S(=O)(=O)N1CCCC1. The number of hydrogen-bond acceptors (Lipinski definition) is 5. The second kappa shape index (κ2) is 8.04. The Morgan fingerprint density at radius 2 is 1.97 bits per heavy atom. The van der Waals surface area contributed by atoms with Crippen molar-refractivity contribution >= 4 is 21.6 Å². The Morgan fingerprint density at radius 1 is 1.17 bits per heavy atom. The first-order valence-electron chi connectivity index (χ1n) is 9.83. The lowest BCUT2D eigenvalue weighted by Crippen LogP contribution is -2.28. The number of carbonyl (C=O) groups excluding carboxylic acids is 1. The van der Waals surface area contributed by atoms with Crippen LogP contribution in [0.1, 0.15) is 35.7 Å². The zero-order valence-electron chi connectivity index (χ0n) is 16.3. The molecule has 1 N–H and O–H groups in total. The Morgan fingerprint density at radius 3 is 2.72 bits per heavy atom. The second-order valence-electron chi connectivity index (χ2n) is 7.08. The highest BCUT2D eigenvalue weighted by Crippen LogP contribution is 2.32. The summed E-state index contributed by atoms with van der Waals surface area (Å²) < 4.78 is 38.7. The number of rotatable bonds is 6. The fourth-order valence-corrected chi connectivity index (χ4v) is 5.33. The average Bonchev–Trinajstić information content (AvgIpc) is 3.40. The number of carbonyl (C=O) groups is 1. The summed E-state index contributed by atoms with van der Waals surface area (Å²) in [5.41, 5.74) is 1.92. The van der Waals surface area contributed by atoms with Crippen LogP contribution in [0, 0.1) is 0 Å². The fourth-order valence-electron chi connectivity index (χ4n) is 3.66. The van der Waals surface area contributed by atoms with E-state index in [1.54, 1.807) is 31.2 Å². The first-order valence-corrected chi connectivity index (χ1v) is 11.3. The zero-order valence-corrected chi connectivity index (χ0v) is 17.1. The van der Waals surface area contributed by atoms with Crippen LogP contribution in [0.15, 0.2) is 41.3 Å². The number of benzene rings is 2. The van der Waals surface area contributed by atoms with Crippen molar-refractivity contribution in [2.24, 2.45) is 0 Å². The molecule has 29 heavy (non-hydrogen) atoms. The van der Waals surface area contributed by atoms with Crippen molar-refractivity contribution in [2.75, 3.05) is 31.6 Å². The van der Waals surface area contributed by atoms with Crippen molar-refractivity contribution in [2.45, 2.75) is 31.1 Å². The predicted octanol–water partition coefficient (Wildman–Crippen LogP) is 3.06. The molecule has 2 aromatic rings. The minimum atomic E-state index is -3.68. The molecule has 7 nitrogen and oxygen atoms in total. The van der Waals surface area contributed by atoms with Crippen molar-refractivity contribution in [3.8, 4) is 11.5 Å². The van der Waals surface area contributed by atoms with E-state index in [0.29, 0.717) is 43.3 Å². The van der Waals surface area contributed by atoms with Crippen LogP contribution < -0.4 is 14.8 Å². The van der Waals surface area contributed by atoms with E-state index < -0.39 is 10.0 Å². The molecule has 1 saturated heterocycles. The van der Waals surface area contributed by atoms with Crippen molar-refractivity contribution in [1.82, 2.24) is 4.31 Å². The average molecular weight is 416 g/mol. The molecule has 0 aliphatic carbocycles. The summed E-state index contributed by atoms with van der Waals surface area (Å²) in [6, 6.07) is 10.0. The lowest BCUT2D eigenvalue weighted by atomic mass is 10.1. The number of fused-ring (bicyclic) bond motifs is 1. The highest BCUT2D eigenvalue weighted by molar-refractivity contribution is 7.89. The van der Waals surface area contributed by atoms with Crippen LogP contribution in [0.2, 0.25) is 0 Å². The van der Waals surface area contributed by atoms with Gasteiger partial charge in [0.2, 0.25) is 10.0 Å². The third kappa shape index (κ3) is 3.95. The summed E-state index contributed by atoms with van der Waals surface area (Å²) in [4.78, 5) is 12.8. The monoisotopic (exact) mass is 416 g/mol. The largest absolute Gasteiger partial charge is 0.493 e. The highest BCUT2D eigenvalue weighted by atomic mass is 32.2. The second-order valence-corrected chi connectivity index (χ2v) is 8.99. The molecule has 2 aliphatic heterocycles. The smallest absolute Gasteiger partial charge is 0.255 e. The van der Waals surface area contributed by atoms with Crippen molar-refractivity contribution in [3.63, 3.8) is 0 Å². The van der Waals surface area contributed by atoms with Gasteiger partial charge in [-0.3, -0.25) is 4.79 Å². The van der Waals surface area contributed by atoms with Crippen molar-refractivity contribution < 1.29 is 22.7 Å². The number of nitrogens with one attached hydrogen (secondary N) is 1. The molecule has 8 heteroatoms. The molecule has 0 radical (unpaired) electrons. The van der Waals surface area contributed by atoms with Crippen LogP contribution in [0.25, 0.3) is 0 Å². The van der Waals surface area contributed by atoms with Crippen LogP contribution in [-0.4, -0.2) is 44.9 Å². The summed E-state index contributed by atoms with van der Waals surface area (Å²) in [7, 11) is -3.68. The van der Waals surface area contributed by atoms with Crippen LogP contribution in [0.4, 0.5) is 5.69 Å². The number of nitrogens with zero attached hydrogens (tertiary/aromatic N) is 1. The van der Waals surface area contributed by atoms with E-state index in [1.807, 2.05) is 6.07 Å². The Kier molecular flexibility index (Phi) is 5.47. The third-order valence-electron chi connectivity index (χ3n) is 5.14. The number of anilines is 1. The molecule has 0 saturated carbocycles. The van der Waals surface area contributed by atoms with E-state index in [2.05, 4.69) is 5.32 Å². The molecule has 0 atom stereocenters. The Bertz CT molecular complexity index is 1030. The minimum absolute atomic E-state index is 0.0846. The van der Waals surface area contributed by atoms with Gasteiger partial charge in [0.25, 0.3) is 5.91 Å². The molecule has 154 valence electrons. The quantitative estimate of drug-likeness (QED) is 0.782. The molecule has 0 bridgehead atoms. The van der Waals surface area contributed by atoms with Gasteiger partial charge < -0.3 is 14.8 Å². The summed E-state index contributed by atoms with van der Waals surface area (Å²) in [5, 5.41) is 2.80. The zero-order chi connectivity index (χ0) is 20.4. The maximum absolute atomic E-state index is 13.1. The standard InChI is InChI=1S/C21H24N2O5S/c1-2-27-19-8-6-17(14-20(19)29(25,26)23-10-3-4-11-23)22-21(24)16-5-7-18-15(13-16)9-12-28-18/h5-8,13-14H,2-4,9-12H2,1H3,(H,22,24). The Hall–Kier alpha value is -2.58. The predicted molar refractivity (Wildman–Crippen MR) is 109 cm³/mol. The van der Waals surface area contributed by atoms with E-state index in [4.69, 9.17) is 9.47 Å². The normalized spacial score (nSPS) is 16.3. The first-order chi connectivity index (χ1) is 14.0. The van der Waals surface area contributed by atoms with E-state index in [9.17, 15) is 13.2 Å². The third-order valence-corrected chi connectivity index (χ3v) is 7.06. The van der Waals surface area contributed by atoms with Gasteiger partial charge in [0.05, 0.1) is 13.2 Å². The topological polar surface area (TPSA) is 84.9 Å². The van der Waals surface area contributed by atoms with Gasteiger partial charge >= 0.3 is 0 Å². The minimum Gasteiger partial charge on any atom is -0.493 e. The van der Waals surface area contributed by atoms with Gasteiger partial charge in [-0.05, 0) is 61.7 Å². The van der Waals surface area contributed by atoms with Gasteiger partial charge in [-0.2, -0.15) is 4.31 Å². The summed E-state index contributed by atoms with van der Waals surface area (Å²) in [6.07, 6.45) is 2.47. The van der Waals surface area contributed by atoms with Gasteiger partial charge in [-0.25, -0.2) is 8.42 Å². The van der Waals surface area contributed by atoms with Gasteiger partial charge in [0.1, 0.15) is 16.4 Å².